The first kappa shape index (κ1) is 24.1. The van der Waals surface area contributed by atoms with E-state index in [2.05, 4.69) is 23.8 Å². The molecule has 0 spiro atoms. The molecular weight excluding hydrogens is 404 g/mol. The van der Waals surface area contributed by atoms with E-state index in [1.807, 2.05) is 0 Å². The Balaban J connectivity index is 1.40. The molecule has 0 saturated heterocycles. The molecule has 0 N–H and O–H groups in total. The summed E-state index contributed by atoms with van der Waals surface area (Å²) in [7, 11) is 0. The molecule has 5 heteroatoms. The van der Waals surface area contributed by atoms with Gasteiger partial charge in [0.05, 0.1) is 0 Å². The van der Waals surface area contributed by atoms with E-state index in [1.165, 1.54) is 57.1 Å². The van der Waals surface area contributed by atoms with E-state index in [1.54, 1.807) is 0 Å². The standard InChI is InChI=1S/C26H36F4O/c1-2-3-4-5-18-6-8-19(9-7-18)10-11-20-12-14-21(15-13-20)22-16-23(27)25(24(28)17-22)31-26(29)30/h3-4,16-21,26H,2,5-15H2,1H3/b4-3+. The zero-order chi connectivity index (χ0) is 22.2. The van der Waals surface area contributed by atoms with Gasteiger partial charge in [-0.1, -0.05) is 44.8 Å². The first-order valence-electron chi connectivity index (χ1n) is 12.0. The third-order valence-corrected chi connectivity index (χ3v) is 7.37. The second kappa shape index (κ2) is 11.9. The average Bonchev–Trinajstić information content (AvgIpc) is 2.76. The van der Waals surface area contributed by atoms with E-state index in [0.29, 0.717) is 11.5 Å². The van der Waals surface area contributed by atoms with Gasteiger partial charge in [0.2, 0.25) is 0 Å². The zero-order valence-electron chi connectivity index (χ0n) is 18.6. The number of benzene rings is 1. The first-order valence-corrected chi connectivity index (χ1v) is 12.0. The predicted molar refractivity (Wildman–Crippen MR) is 116 cm³/mol. The third kappa shape index (κ3) is 7.25. The van der Waals surface area contributed by atoms with Crippen LogP contribution in [0.1, 0.15) is 95.5 Å². The molecule has 1 aromatic rings. The summed E-state index contributed by atoms with van der Waals surface area (Å²) >= 11 is 0. The summed E-state index contributed by atoms with van der Waals surface area (Å²) in [5.74, 6) is -0.563. The summed E-state index contributed by atoms with van der Waals surface area (Å²) in [6.07, 6.45) is 18.9. The number of allylic oxidation sites excluding steroid dienone is 2. The molecule has 0 aromatic heterocycles. The minimum atomic E-state index is -3.24. The van der Waals surface area contributed by atoms with Crippen LogP contribution in [-0.4, -0.2) is 6.61 Å². The molecule has 31 heavy (non-hydrogen) atoms. The SMILES string of the molecule is CC/C=C/CC1CCC(CCC2CCC(c3cc(F)c(OC(F)F)c(F)c3)CC2)CC1. The fraction of sp³-hybridized carbons (Fsp3) is 0.692. The Hall–Kier alpha value is -1.52. The van der Waals surface area contributed by atoms with Gasteiger partial charge in [0.25, 0.3) is 0 Å². The Bertz CT molecular complexity index is 678. The fourth-order valence-electron chi connectivity index (χ4n) is 5.48. The summed E-state index contributed by atoms with van der Waals surface area (Å²) in [6.45, 7) is -1.06. The van der Waals surface area contributed by atoms with Crippen LogP contribution in [0.4, 0.5) is 17.6 Å². The van der Waals surface area contributed by atoms with E-state index in [0.717, 1.165) is 43.9 Å². The van der Waals surface area contributed by atoms with Gasteiger partial charge in [-0.05, 0) is 92.7 Å². The van der Waals surface area contributed by atoms with Crippen LogP contribution < -0.4 is 4.74 Å². The highest BCUT2D eigenvalue weighted by Crippen LogP contribution is 2.41. The Morgan fingerprint density at radius 1 is 0.839 bits per heavy atom. The van der Waals surface area contributed by atoms with Gasteiger partial charge in [0, 0.05) is 0 Å². The van der Waals surface area contributed by atoms with Crippen molar-refractivity contribution in [3.63, 3.8) is 0 Å². The van der Waals surface area contributed by atoms with Crippen LogP contribution in [0.25, 0.3) is 0 Å². The molecule has 174 valence electrons. The molecule has 2 aliphatic carbocycles. The van der Waals surface area contributed by atoms with Crippen molar-refractivity contribution in [2.75, 3.05) is 0 Å². The summed E-state index contributed by atoms with van der Waals surface area (Å²) in [4.78, 5) is 0. The highest BCUT2D eigenvalue weighted by Gasteiger charge is 2.27. The van der Waals surface area contributed by atoms with Crippen molar-refractivity contribution < 1.29 is 22.3 Å². The molecule has 0 unspecified atom stereocenters. The quantitative estimate of drug-likeness (QED) is 0.275. The molecule has 2 saturated carbocycles. The second-order valence-electron chi connectivity index (χ2n) is 9.49. The number of hydrogen-bond acceptors (Lipinski definition) is 1. The number of hydrogen-bond donors (Lipinski definition) is 0. The maximum Gasteiger partial charge on any atom is 0.387 e. The lowest BCUT2D eigenvalue weighted by Gasteiger charge is -2.32. The van der Waals surface area contributed by atoms with Crippen LogP contribution in [0.2, 0.25) is 0 Å². The van der Waals surface area contributed by atoms with Crippen molar-refractivity contribution in [1.29, 1.82) is 0 Å². The van der Waals surface area contributed by atoms with Crippen molar-refractivity contribution in [3.8, 4) is 5.75 Å². The Labute approximate surface area is 184 Å². The fourth-order valence-corrected chi connectivity index (χ4v) is 5.48. The molecule has 2 fully saturated rings. The number of ether oxygens (including phenoxy) is 1. The maximum absolute atomic E-state index is 14.0. The normalized spacial score (nSPS) is 27.2. The van der Waals surface area contributed by atoms with Gasteiger partial charge in [-0.25, -0.2) is 8.78 Å². The zero-order valence-corrected chi connectivity index (χ0v) is 18.6. The monoisotopic (exact) mass is 440 g/mol. The topological polar surface area (TPSA) is 9.23 Å². The van der Waals surface area contributed by atoms with Crippen LogP contribution in [0.5, 0.6) is 5.75 Å². The molecular formula is C26H36F4O. The molecule has 1 nitrogen and oxygen atoms in total. The minimum absolute atomic E-state index is 0.0902. The molecule has 2 aliphatic rings. The van der Waals surface area contributed by atoms with Crippen LogP contribution in [0.15, 0.2) is 24.3 Å². The third-order valence-electron chi connectivity index (χ3n) is 7.37. The number of halogens is 4. The molecule has 0 amide bonds. The van der Waals surface area contributed by atoms with Gasteiger partial charge in [-0.15, -0.1) is 0 Å². The molecule has 0 heterocycles. The highest BCUT2D eigenvalue weighted by atomic mass is 19.3. The molecule has 1 aromatic carbocycles. The van der Waals surface area contributed by atoms with E-state index in [9.17, 15) is 17.6 Å². The summed E-state index contributed by atoms with van der Waals surface area (Å²) < 4.78 is 56.7. The highest BCUT2D eigenvalue weighted by molar-refractivity contribution is 5.33. The molecule has 0 atom stereocenters. The van der Waals surface area contributed by atoms with Crippen molar-refractivity contribution >= 4 is 0 Å². The summed E-state index contributed by atoms with van der Waals surface area (Å²) in [5.41, 5.74) is 0.561. The van der Waals surface area contributed by atoms with Gasteiger partial charge in [0.1, 0.15) is 0 Å². The summed E-state index contributed by atoms with van der Waals surface area (Å²) in [5, 5.41) is 0. The van der Waals surface area contributed by atoms with E-state index < -0.39 is 24.0 Å². The van der Waals surface area contributed by atoms with Crippen LogP contribution in [0, 0.1) is 29.4 Å². The van der Waals surface area contributed by atoms with Gasteiger partial charge in [0.15, 0.2) is 17.4 Å². The van der Waals surface area contributed by atoms with Crippen molar-refractivity contribution in [1.82, 2.24) is 0 Å². The Kier molecular flexibility index (Phi) is 9.28. The van der Waals surface area contributed by atoms with E-state index >= 15 is 0 Å². The van der Waals surface area contributed by atoms with Gasteiger partial charge in [-0.2, -0.15) is 8.78 Å². The number of alkyl halides is 2. The molecule has 0 bridgehead atoms. The molecule has 3 rings (SSSR count). The smallest absolute Gasteiger partial charge is 0.387 e. The van der Waals surface area contributed by atoms with Gasteiger partial charge < -0.3 is 4.74 Å². The van der Waals surface area contributed by atoms with Crippen LogP contribution in [0.3, 0.4) is 0 Å². The molecule has 0 radical (unpaired) electrons. The van der Waals surface area contributed by atoms with Crippen molar-refractivity contribution in [2.24, 2.45) is 17.8 Å². The largest absolute Gasteiger partial charge is 0.429 e. The average molecular weight is 441 g/mol. The second-order valence-corrected chi connectivity index (χ2v) is 9.49. The predicted octanol–water partition coefficient (Wildman–Crippen LogP) is 8.78. The minimum Gasteiger partial charge on any atom is -0.429 e. The maximum atomic E-state index is 14.0. The first-order chi connectivity index (χ1) is 15.0. The van der Waals surface area contributed by atoms with Crippen LogP contribution >= 0.6 is 0 Å². The lowest BCUT2D eigenvalue weighted by molar-refractivity contribution is -0.0546. The van der Waals surface area contributed by atoms with Gasteiger partial charge in [-0.3, -0.25) is 0 Å². The van der Waals surface area contributed by atoms with Gasteiger partial charge >= 0.3 is 6.61 Å². The van der Waals surface area contributed by atoms with E-state index in [-0.39, 0.29) is 5.92 Å². The van der Waals surface area contributed by atoms with E-state index in [4.69, 9.17) is 0 Å². The van der Waals surface area contributed by atoms with Crippen molar-refractivity contribution in [3.05, 3.63) is 41.5 Å². The Morgan fingerprint density at radius 3 is 1.87 bits per heavy atom. The van der Waals surface area contributed by atoms with Crippen molar-refractivity contribution in [2.45, 2.75) is 96.5 Å². The Morgan fingerprint density at radius 2 is 1.35 bits per heavy atom. The van der Waals surface area contributed by atoms with Crippen LogP contribution in [-0.2, 0) is 0 Å². The number of rotatable bonds is 9. The molecule has 0 aliphatic heterocycles. The lowest BCUT2D eigenvalue weighted by atomic mass is 9.74. The summed E-state index contributed by atoms with van der Waals surface area (Å²) in [6, 6.07) is 2.33. The lowest BCUT2D eigenvalue weighted by Crippen LogP contribution is -2.18.